The largest absolute Gasteiger partial charge is 0.477 e. The van der Waals surface area contributed by atoms with Gasteiger partial charge in [-0.1, -0.05) is 0 Å². The average molecular weight is 253 g/mol. The third kappa shape index (κ3) is 1.91. The van der Waals surface area contributed by atoms with Crippen molar-refractivity contribution in [3.8, 4) is 0 Å². The number of aryl methyl sites for hydroxylation is 1. The summed E-state index contributed by atoms with van der Waals surface area (Å²) in [6.45, 7) is 1.65. The number of carbonyl (C=O) groups is 1. The van der Waals surface area contributed by atoms with Crippen molar-refractivity contribution in [2.24, 2.45) is 0 Å². The van der Waals surface area contributed by atoms with E-state index in [-0.39, 0.29) is 10.6 Å². The van der Waals surface area contributed by atoms with E-state index in [0.29, 0.717) is 16.5 Å². The molecule has 0 fully saturated rings. The standard InChI is InChI=1S/C11H11NO4S/c1-6-8-5-7(17(2,15)16)3-4-9(8)12-10(6)11(13)14/h3-5,12H,1-2H3,(H,13,14). The Morgan fingerprint density at radius 1 is 1.35 bits per heavy atom. The van der Waals surface area contributed by atoms with Crippen molar-refractivity contribution in [2.75, 3.05) is 6.26 Å². The van der Waals surface area contributed by atoms with E-state index in [1.807, 2.05) is 0 Å². The number of fused-ring (bicyclic) bond motifs is 1. The molecule has 5 nitrogen and oxygen atoms in total. The second kappa shape index (κ2) is 3.59. The molecule has 0 spiro atoms. The minimum absolute atomic E-state index is 0.0886. The predicted molar refractivity (Wildman–Crippen MR) is 63.1 cm³/mol. The number of aromatic amines is 1. The van der Waals surface area contributed by atoms with Crippen LogP contribution in [0.4, 0.5) is 0 Å². The molecule has 0 radical (unpaired) electrons. The lowest BCUT2D eigenvalue weighted by Gasteiger charge is -1.98. The van der Waals surface area contributed by atoms with Gasteiger partial charge < -0.3 is 10.1 Å². The van der Waals surface area contributed by atoms with E-state index in [1.54, 1.807) is 13.0 Å². The number of aromatic nitrogens is 1. The molecular weight excluding hydrogens is 242 g/mol. The van der Waals surface area contributed by atoms with E-state index in [9.17, 15) is 13.2 Å². The highest BCUT2D eigenvalue weighted by molar-refractivity contribution is 7.90. The molecule has 1 heterocycles. The van der Waals surface area contributed by atoms with Gasteiger partial charge in [-0.25, -0.2) is 13.2 Å². The van der Waals surface area contributed by atoms with Crippen molar-refractivity contribution in [3.63, 3.8) is 0 Å². The minimum Gasteiger partial charge on any atom is -0.477 e. The number of benzene rings is 1. The quantitative estimate of drug-likeness (QED) is 0.850. The molecule has 0 amide bonds. The van der Waals surface area contributed by atoms with Crippen LogP contribution in [-0.2, 0) is 9.84 Å². The fraction of sp³-hybridized carbons (Fsp3) is 0.182. The van der Waals surface area contributed by atoms with Crippen molar-refractivity contribution in [2.45, 2.75) is 11.8 Å². The van der Waals surface area contributed by atoms with Crippen LogP contribution >= 0.6 is 0 Å². The fourth-order valence-electron chi connectivity index (χ4n) is 1.75. The zero-order chi connectivity index (χ0) is 12.8. The number of nitrogens with one attached hydrogen (secondary N) is 1. The van der Waals surface area contributed by atoms with Crippen molar-refractivity contribution in [1.29, 1.82) is 0 Å². The third-order valence-electron chi connectivity index (χ3n) is 2.67. The van der Waals surface area contributed by atoms with E-state index in [0.717, 1.165) is 6.26 Å². The van der Waals surface area contributed by atoms with Crippen LogP contribution in [-0.4, -0.2) is 30.7 Å². The molecule has 0 aliphatic rings. The maximum Gasteiger partial charge on any atom is 0.352 e. The summed E-state index contributed by atoms with van der Waals surface area (Å²) < 4.78 is 22.8. The lowest BCUT2D eigenvalue weighted by atomic mass is 10.1. The van der Waals surface area contributed by atoms with Gasteiger partial charge in [-0.15, -0.1) is 0 Å². The molecular formula is C11H11NO4S. The second-order valence-corrected chi connectivity index (χ2v) is 5.93. The summed E-state index contributed by atoms with van der Waals surface area (Å²) in [6, 6.07) is 4.52. The maximum atomic E-state index is 11.4. The van der Waals surface area contributed by atoms with Crippen molar-refractivity contribution < 1.29 is 18.3 Å². The minimum atomic E-state index is -3.28. The zero-order valence-electron chi connectivity index (χ0n) is 9.31. The Labute approximate surface area is 98.0 Å². The smallest absolute Gasteiger partial charge is 0.352 e. The lowest BCUT2D eigenvalue weighted by Crippen LogP contribution is -1.98. The van der Waals surface area contributed by atoms with Crippen LogP contribution in [0.3, 0.4) is 0 Å². The van der Waals surface area contributed by atoms with E-state index < -0.39 is 15.8 Å². The summed E-state index contributed by atoms with van der Waals surface area (Å²) in [6.07, 6.45) is 1.12. The molecule has 0 unspecified atom stereocenters. The summed E-state index contributed by atoms with van der Waals surface area (Å²) in [4.78, 5) is 13.9. The van der Waals surface area contributed by atoms with Crippen molar-refractivity contribution >= 4 is 26.7 Å². The molecule has 0 aliphatic carbocycles. The predicted octanol–water partition coefficient (Wildman–Crippen LogP) is 1.58. The number of rotatable bonds is 2. The summed E-state index contributed by atoms with van der Waals surface area (Å²) >= 11 is 0. The Hall–Kier alpha value is -1.82. The van der Waals surface area contributed by atoms with E-state index >= 15 is 0 Å². The van der Waals surface area contributed by atoms with E-state index in [4.69, 9.17) is 5.11 Å². The van der Waals surface area contributed by atoms with Gasteiger partial charge in [-0.05, 0) is 30.7 Å². The topological polar surface area (TPSA) is 87.2 Å². The molecule has 2 N–H and O–H groups in total. The summed E-state index contributed by atoms with van der Waals surface area (Å²) in [5.74, 6) is -1.06. The highest BCUT2D eigenvalue weighted by atomic mass is 32.2. The molecule has 0 saturated heterocycles. The Bertz CT molecular complexity index is 712. The average Bonchev–Trinajstić information content (AvgIpc) is 2.54. The Morgan fingerprint density at radius 3 is 2.53 bits per heavy atom. The van der Waals surface area contributed by atoms with Crippen LogP contribution in [0.15, 0.2) is 23.1 Å². The highest BCUT2D eigenvalue weighted by Gasteiger charge is 2.15. The monoisotopic (exact) mass is 253 g/mol. The van der Waals surface area contributed by atoms with E-state index in [2.05, 4.69) is 4.98 Å². The lowest BCUT2D eigenvalue weighted by molar-refractivity contribution is 0.0690. The number of hydrogen-bond acceptors (Lipinski definition) is 3. The SMILES string of the molecule is Cc1c(C(=O)O)[nH]c2ccc(S(C)(=O)=O)cc12. The van der Waals surface area contributed by atoms with Gasteiger partial charge in [0, 0.05) is 17.2 Å². The zero-order valence-corrected chi connectivity index (χ0v) is 10.1. The molecule has 0 bridgehead atoms. The third-order valence-corrected chi connectivity index (χ3v) is 3.78. The number of sulfone groups is 1. The van der Waals surface area contributed by atoms with Gasteiger partial charge >= 0.3 is 5.97 Å². The summed E-state index contributed by atoms with van der Waals surface area (Å²) in [5, 5.41) is 9.56. The summed E-state index contributed by atoms with van der Waals surface area (Å²) in [5.41, 5.74) is 1.25. The van der Waals surface area contributed by atoms with Gasteiger partial charge in [-0.3, -0.25) is 0 Å². The first-order chi connectivity index (χ1) is 7.80. The fourth-order valence-corrected chi connectivity index (χ4v) is 2.40. The first-order valence-corrected chi connectivity index (χ1v) is 6.75. The van der Waals surface area contributed by atoms with Gasteiger partial charge in [0.05, 0.1) is 4.90 Å². The Balaban J connectivity index is 2.78. The van der Waals surface area contributed by atoms with Crippen LogP contribution in [0.1, 0.15) is 16.1 Å². The molecule has 0 saturated carbocycles. The van der Waals surface area contributed by atoms with Crippen molar-refractivity contribution in [1.82, 2.24) is 4.98 Å². The number of aromatic carboxylic acids is 1. The molecule has 0 atom stereocenters. The van der Waals surface area contributed by atoms with Gasteiger partial charge in [0.15, 0.2) is 9.84 Å². The van der Waals surface area contributed by atoms with E-state index in [1.165, 1.54) is 12.1 Å². The first kappa shape index (κ1) is 11.7. The molecule has 2 aromatic rings. The van der Waals surface area contributed by atoms with Crippen LogP contribution in [0, 0.1) is 6.92 Å². The van der Waals surface area contributed by atoms with Crippen LogP contribution in [0.5, 0.6) is 0 Å². The first-order valence-electron chi connectivity index (χ1n) is 4.86. The maximum absolute atomic E-state index is 11.4. The normalized spacial score (nSPS) is 11.9. The van der Waals surface area contributed by atoms with Gasteiger partial charge in [0.25, 0.3) is 0 Å². The van der Waals surface area contributed by atoms with Crippen LogP contribution in [0.2, 0.25) is 0 Å². The molecule has 1 aromatic heterocycles. The van der Waals surface area contributed by atoms with Crippen LogP contribution < -0.4 is 0 Å². The second-order valence-electron chi connectivity index (χ2n) is 3.91. The number of carboxylic acid groups (broad SMARTS) is 1. The van der Waals surface area contributed by atoms with Crippen molar-refractivity contribution in [3.05, 3.63) is 29.5 Å². The van der Waals surface area contributed by atoms with Gasteiger partial charge in [-0.2, -0.15) is 0 Å². The number of carboxylic acids is 1. The summed E-state index contributed by atoms with van der Waals surface area (Å²) in [7, 11) is -3.28. The number of H-pyrrole nitrogens is 1. The molecule has 90 valence electrons. The number of hydrogen-bond donors (Lipinski definition) is 2. The van der Waals surface area contributed by atoms with Gasteiger partial charge in [0.2, 0.25) is 0 Å². The van der Waals surface area contributed by atoms with Gasteiger partial charge in [0.1, 0.15) is 5.69 Å². The molecule has 1 aromatic carbocycles. The molecule has 17 heavy (non-hydrogen) atoms. The molecule has 6 heteroatoms. The molecule has 2 rings (SSSR count). The Morgan fingerprint density at radius 2 is 2.00 bits per heavy atom. The highest BCUT2D eigenvalue weighted by Crippen LogP contribution is 2.24. The molecule has 0 aliphatic heterocycles. The Kier molecular flexibility index (Phi) is 2.46. The van der Waals surface area contributed by atoms with Crippen LogP contribution in [0.25, 0.3) is 10.9 Å².